The standard InChI is InChI=1S/C26H31N5O2.ClH/c27-25(28)20-6-12-23(13-7-20)32-17-1-3-19-4-10-22(11-5-19)31-16-2-18-33-24-14-8-21(9-15-24)26(29)30;/h4-15,31H,1-3,16-18H2,(H3,27,28)(H3,29,30);1H. The Labute approximate surface area is 206 Å². The van der Waals surface area contributed by atoms with E-state index in [9.17, 15) is 0 Å². The Balaban J connectivity index is 0.00000408. The van der Waals surface area contributed by atoms with Gasteiger partial charge in [-0.1, -0.05) is 12.1 Å². The SMILES string of the molecule is Cl.N=C(N)c1ccc(OCCCNc2ccc(CCCOc3ccc(C(=N)N)cc3)cc2)cc1. The van der Waals surface area contributed by atoms with E-state index in [1.54, 1.807) is 24.3 Å². The lowest BCUT2D eigenvalue weighted by Crippen LogP contribution is -2.11. The first-order valence-electron chi connectivity index (χ1n) is 11.0. The van der Waals surface area contributed by atoms with Gasteiger partial charge in [-0.2, -0.15) is 0 Å². The fraction of sp³-hybridized carbons (Fsp3) is 0.231. The molecule has 3 rings (SSSR count). The summed E-state index contributed by atoms with van der Waals surface area (Å²) in [6, 6.07) is 23.0. The lowest BCUT2D eigenvalue weighted by Gasteiger charge is -2.10. The summed E-state index contributed by atoms with van der Waals surface area (Å²) >= 11 is 0. The molecule has 7 N–H and O–H groups in total. The lowest BCUT2D eigenvalue weighted by atomic mass is 10.1. The number of anilines is 1. The van der Waals surface area contributed by atoms with E-state index in [-0.39, 0.29) is 24.1 Å². The highest BCUT2D eigenvalue weighted by molar-refractivity contribution is 5.95. The zero-order chi connectivity index (χ0) is 23.5. The van der Waals surface area contributed by atoms with Crippen LogP contribution in [0.2, 0.25) is 0 Å². The fourth-order valence-electron chi connectivity index (χ4n) is 3.21. The Bertz CT molecular complexity index is 1040. The molecule has 0 aliphatic heterocycles. The first-order chi connectivity index (χ1) is 16.0. The van der Waals surface area contributed by atoms with Gasteiger partial charge >= 0.3 is 0 Å². The van der Waals surface area contributed by atoms with Gasteiger partial charge < -0.3 is 26.3 Å². The maximum absolute atomic E-state index is 7.41. The predicted molar refractivity (Wildman–Crippen MR) is 141 cm³/mol. The maximum atomic E-state index is 7.41. The van der Waals surface area contributed by atoms with Crippen molar-refractivity contribution in [3.8, 4) is 11.5 Å². The number of nitrogen functional groups attached to an aromatic ring is 2. The molecule has 0 unspecified atom stereocenters. The normalized spacial score (nSPS) is 10.1. The van der Waals surface area contributed by atoms with Crippen molar-refractivity contribution in [1.29, 1.82) is 10.8 Å². The van der Waals surface area contributed by atoms with E-state index in [0.29, 0.717) is 24.3 Å². The van der Waals surface area contributed by atoms with Crippen LogP contribution in [0.5, 0.6) is 11.5 Å². The Morgan fingerprint density at radius 1 is 0.676 bits per heavy atom. The number of halogens is 1. The molecule has 34 heavy (non-hydrogen) atoms. The highest BCUT2D eigenvalue weighted by Gasteiger charge is 2.00. The molecule has 0 amide bonds. The summed E-state index contributed by atoms with van der Waals surface area (Å²) in [6.07, 6.45) is 2.75. The topological polar surface area (TPSA) is 130 Å². The second-order valence-corrected chi connectivity index (χ2v) is 7.65. The van der Waals surface area contributed by atoms with Crippen molar-refractivity contribution in [2.45, 2.75) is 19.3 Å². The molecule has 0 bridgehead atoms. The average molecular weight is 482 g/mol. The van der Waals surface area contributed by atoms with Gasteiger partial charge in [0.05, 0.1) is 13.2 Å². The number of aryl methyl sites for hydroxylation is 1. The number of nitrogens with one attached hydrogen (secondary N) is 3. The molecule has 0 saturated heterocycles. The molecule has 180 valence electrons. The molecular weight excluding hydrogens is 450 g/mol. The van der Waals surface area contributed by atoms with Crippen molar-refractivity contribution in [3.63, 3.8) is 0 Å². The molecule has 3 aromatic carbocycles. The van der Waals surface area contributed by atoms with Crippen molar-refractivity contribution in [2.24, 2.45) is 11.5 Å². The number of benzene rings is 3. The second-order valence-electron chi connectivity index (χ2n) is 7.65. The average Bonchev–Trinajstić information content (AvgIpc) is 2.83. The zero-order valence-electron chi connectivity index (χ0n) is 19.1. The van der Waals surface area contributed by atoms with Crippen LogP contribution in [0.1, 0.15) is 29.5 Å². The smallest absolute Gasteiger partial charge is 0.122 e. The van der Waals surface area contributed by atoms with Crippen molar-refractivity contribution in [1.82, 2.24) is 0 Å². The molecule has 0 aliphatic rings. The van der Waals surface area contributed by atoms with Gasteiger partial charge in [0.2, 0.25) is 0 Å². The Morgan fingerprint density at radius 2 is 1.15 bits per heavy atom. The predicted octanol–water partition coefficient (Wildman–Crippen LogP) is 4.57. The van der Waals surface area contributed by atoms with E-state index in [4.69, 9.17) is 31.8 Å². The Morgan fingerprint density at radius 3 is 1.62 bits per heavy atom. The fourth-order valence-corrected chi connectivity index (χ4v) is 3.21. The van der Waals surface area contributed by atoms with Crippen LogP contribution in [0, 0.1) is 10.8 Å². The zero-order valence-corrected chi connectivity index (χ0v) is 19.9. The van der Waals surface area contributed by atoms with E-state index in [2.05, 4.69) is 29.6 Å². The Kier molecular flexibility index (Phi) is 10.7. The Hall–Kier alpha value is -3.71. The molecule has 0 fully saturated rings. The molecule has 0 heterocycles. The second kappa shape index (κ2) is 13.7. The minimum Gasteiger partial charge on any atom is -0.494 e. The third-order valence-electron chi connectivity index (χ3n) is 5.08. The summed E-state index contributed by atoms with van der Waals surface area (Å²) in [4.78, 5) is 0. The first kappa shape index (κ1) is 26.5. The molecule has 0 spiro atoms. The third-order valence-corrected chi connectivity index (χ3v) is 5.08. The largest absolute Gasteiger partial charge is 0.494 e. The van der Waals surface area contributed by atoms with Crippen LogP contribution >= 0.6 is 12.4 Å². The highest BCUT2D eigenvalue weighted by atomic mass is 35.5. The summed E-state index contributed by atoms with van der Waals surface area (Å²) in [5.74, 6) is 1.69. The van der Waals surface area contributed by atoms with E-state index >= 15 is 0 Å². The van der Waals surface area contributed by atoms with Gasteiger partial charge in [-0.15, -0.1) is 12.4 Å². The molecule has 0 aromatic heterocycles. The summed E-state index contributed by atoms with van der Waals surface area (Å²) in [7, 11) is 0. The number of rotatable bonds is 13. The van der Waals surface area contributed by atoms with Crippen LogP contribution in [-0.2, 0) is 6.42 Å². The van der Waals surface area contributed by atoms with Crippen molar-refractivity contribution >= 4 is 29.8 Å². The lowest BCUT2D eigenvalue weighted by molar-refractivity contribution is 0.311. The van der Waals surface area contributed by atoms with E-state index < -0.39 is 0 Å². The van der Waals surface area contributed by atoms with E-state index in [1.807, 2.05) is 24.3 Å². The van der Waals surface area contributed by atoms with Crippen LogP contribution in [0.3, 0.4) is 0 Å². The number of amidine groups is 2. The summed E-state index contributed by atoms with van der Waals surface area (Å²) in [6.45, 7) is 2.07. The molecule has 0 aliphatic carbocycles. The number of hydrogen-bond donors (Lipinski definition) is 5. The minimum atomic E-state index is 0. The van der Waals surface area contributed by atoms with Gasteiger partial charge in [0.25, 0.3) is 0 Å². The molecule has 3 aromatic rings. The van der Waals surface area contributed by atoms with Crippen molar-refractivity contribution in [3.05, 3.63) is 89.5 Å². The summed E-state index contributed by atoms with van der Waals surface area (Å²) in [5.41, 5.74) is 14.7. The van der Waals surface area contributed by atoms with Crippen LogP contribution < -0.4 is 26.3 Å². The number of ether oxygens (including phenoxy) is 2. The molecule has 0 atom stereocenters. The van der Waals surface area contributed by atoms with Gasteiger partial charge in [0.15, 0.2) is 0 Å². The first-order valence-corrected chi connectivity index (χ1v) is 11.0. The van der Waals surface area contributed by atoms with Crippen LogP contribution in [0.15, 0.2) is 72.8 Å². The van der Waals surface area contributed by atoms with Gasteiger partial charge in [0, 0.05) is 23.4 Å². The quantitative estimate of drug-likeness (QED) is 0.139. The molecule has 0 saturated carbocycles. The molecule has 0 radical (unpaired) electrons. The number of nitrogens with two attached hydrogens (primary N) is 2. The molecule has 7 nitrogen and oxygen atoms in total. The van der Waals surface area contributed by atoms with Crippen LogP contribution in [-0.4, -0.2) is 31.4 Å². The summed E-state index contributed by atoms with van der Waals surface area (Å²) < 4.78 is 11.5. The van der Waals surface area contributed by atoms with Crippen LogP contribution in [0.4, 0.5) is 5.69 Å². The van der Waals surface area contributed by atoms with Gasteiger partial charge in [-0.05, 0) is 85.5 Å². The van der Waals surface area contributed by atoms with Crippen molar-refractivity contribution in [2.75, 3.05) is 25.1 Å². The van der Waals surface area contributed by atoms with Crippen LogP contribution in [0.25, 0.3) is 0 Å². The van der Waals surface area contributed by atoms with Gasteiger partial charge in [-0.3, -0.25) is 10.8 Å². The van der Waals surface area contributed by atoms with Gasteiger partial charge in [0.1, 0.15) is 23.2 Å². The third kappa shape index (κ3) is 8.67. The molecular formula is C26H32ClN5O2. The summed E-state index contributed by atoms with van der Waals surface area (Å²) in [5, 5.41) is 18.2. The van der Waals surface area contributed by atoms with E-state index in [0.717, 1.165) is 43.0 Å². The molecule has 8 heteroatoms. The monoisotopic (exact) mass is 481 g/mol. The highest BCUT2D eigenvalue weighted by Crippen LogP contribution is 2.15. The van der Waals surface area contributed by atoms with Gasteiger partial charge in [-0.25, -0.2) is 0 Å². The van der Waals surface area contributed by atoms with Crippen molar-refractivity contribution < 1.29 is 9.47 Å². The maximum Gasteiger partial charge on any atom is 0.122 e. The minimum absolute atomic E-state index is 0. The van der Waals surface area contributed by atoms with E-state index in [1.165, 1.54) is 5.56 Å². The number of hydrogen-bond acceptors (Lipinski definition) is 5.